The Labute approximate surface area is 84.9 Å². The molecule has 0 rings (SSSR count). The van der Waals surface area contributed by atoms with E-state index >= 15 is 0 Å². The molecule has 0 saturated heterocycles. The summed E-state index contributed by atoms with van der Waals surface area (Å²) < 4.78 is 19.5. The van der Waals surface area contributed by atoms with E-state index in [1.165, 1.54) is 12.8 Å². The van der Waals surface area contributed by atoms with Crippen LogP contribution in [0.15, 0.2) is 0 Å². The van der Waals surface area contributed by atoms with E-state index in [0.717, 1.165) is 31.6 Å². The third kappa shape index (κ3) is 24.5. The van der Waals surface area contributed by atoms with E-state index in [-0.39, 0.29) is 16.9 Å². The lowest BCUT2D eigenvalue weighted by atomic mass is 10.3. The van der Waals surface area contributed by atoms with Crippen LogP contribution in [0.2, 0.25) is 0 Å². The molecule has 0 radical (unpaired) electrons. The van der Waals surface area contributed by atoms with Gasteiger partial charge < -0.3 is 0 Å². The van der Waals surface area contributed by atoms with E-state index in [2.05, 4.69) is 13.8 Å². The first-order valence-electron chi connectivity index (χ1n) is 5.03. The predicted molar refractivity (Wildman–Crippen MR) is 62.2 cm³/mol. The first kappa shape index (κ1) is 15.7. The number of hydrogen-bond donors (Lipinski definition) is 0. The van der Waals surface area contributed by atoms with Gasteiger partial charge in [-0.15, -0.1) is 0 Å². The molecule has 0 fully saturated rings. The normalized spacial score (nSPS) is 9.69. The molecule has 0 bridgehead atoms. The third-order valence-corrected chi connectivity index (χ3v) is 2.63. The van der Waals surface area contributed by atoms with Crippen LogP contribution < -0.4 is 0 Å². The minimum Gasteiger partial charge on any atom is -0.0775 e. The Morgan fingerprint density at radius 3 is 1.54 bits per heavy atom. The first-order chi connectivity index (χ1) is 6.33. The van der Waals surface area contributed by atoms with Crippen molar-refractivity contribution < 1.29 is 9.13 Å². The van der Waals surface area contributed by atoms with Crippen molar-refractivity contribution in [3.63, 3.8) is 0 Å². The fraction of sp³-hybridized carbons (Fsp3) is 1.00. The molecule has 0 aromatic heterocycles. The van der Waals surface area contributed by atoms with Crippen molar-refractivity contribution in [2.45, 2.75) is 46.0 Å². The highest BCUT2D eigenvalue weighted by Crippen LogP contribution is 2.00. The summed E-state index contributed by atoms with van der Waals surface area (Å²) in [4.78, 5) is 0. The van der Waals surface area contributed by atoms with E-state index in [4.69, 9.17) is 0 Å². The molecule has 0 aromatic rings. The molecule has 2 atom stereocenters. The van der Waals surface area contributed by atoms with Crippen LogP contribution in [-0.4, -0.2) is 12.3 Å². The molecule has 4 heteroatoms. The summed E-state index contributed by atoms with van der Waals surface area (Å²) >= 11 is 0. The van der Waals surface area contributed by atoms with Gasteiger partial charge in [-0.25, -0.2) is 0 Å². The minimum absolute atomic E-state index is 0.0824. The number of unbranched alkanes of at least 4 members (excludes halogenated alkanes) is 3. The van der Waals surface area contributed by atoms with Crippen molar-refractivity contribution >= 4 is 16.9 Å². The summed E-state index contributed by atoms with van der Waals surface area (Å²) in [5.41, 5.74) is 0. The van der Waals surface area contributed by atoms with Crippen LogP contribution >= 0.6 is 16.9 Å². The van der Waals surface area contributed by atoms with Crippen molar-refractivity contribution in [3.05, 3.63) is 0 Å². The van der Waals surface area contributed by atoms with Crippen molar-refractivity contribution in [1.82, 2.24) is 0 Å². The molecule has 0 aliphatic rings. The van der Waals surface area contributed by atoms with Crippen LogP contribution in [0.3, 0.4) is 0 Å². The Balaban J connectivity index is 0. The van der Waals surface area contributed by atoms with E-state index in [1.807, 2.05) is 0 Å². The second kappa shape index (κ2) is 18.1. The van der Waals surface area contributed by atoms with Gasteiger partial charge in [-0.3, -0.25) is 0 Å². The SMILES string of the molecule is CCCCC[PH+]=O.CCCC[PH+]=O. The molecule has 0 N–H and O–H groups in total. The molecule has 0 heterocycles. The lowest BCUT2D eigenvalue weighted by Crippen LogP contribution is -1.71. The monoisotopic (exact) mass is 224 g/mol. The smallest absolute Gasteiger partial charge is 0.0775 e. The molecular weight excluding hydrogens is 202 g/mol. The Morgan fingerprint density at radius 1 is 0.769 bits per heavy atom. The van der Waals surface area contributed by atoms with Gasteiger partial charge in [0.1, 0.15) is 12.3 Å². The standard InChI is InChI=1S/C5H11OP.C4H9OP/c1-2-3-4-5-7-6;1-2-3-4-6-5/h2-5H2,1H3;2-4H2,1H3/p+2. The van der Waals surface area contributed by atoms with Crippen LogP contribution in [0, 0.1) is 0 Å². The van der Waals surface area contributed by atoms with E-state index < -0.39 is 0 Å². The second-order valence-corrected chi connectivity index (χ2v) is 4.43. The average Bonchev–Trinajstić information content (AvgIpc) is 2.17. The van der Waals surface area contributed by atoms with E-state index in [0.29, 0.717) is 0 Å². The predicted octanol–water partition coefficient (Wildman–Crippen LogP) is 4.01. The van der Waals surface area contributed by atoms with Gasteiger partial charge in [-0.1, -0.05) is 35.8 Å². The maximum Gasteiger partial charge on any atom is 0.324 e. The van der Waals surface area contributed by atoms with Crippen LogP contribution in [0.5, 0.6) is 0 Å². The number of hydrogen-bond acceptors (Lipinski definition) is 2. The molecule has 0 saturated carbocycles. The molecule has 0 aliphatic carbocycles. The van der Waals surface area contributed by atoms with Gasteiger partial charge in [0.2, 0.25) is 0 Å². The molecule has 0 aliphatic heterocycles. The second-order valence-electron chi connectivity index (χ2n) is 2.85. The molecule has 78 valence electrons. The Kier molecular flexibility index (Phi) is 21.8. The van der Waals surface area contributed by atoms with Crippen molar-refractivity contribution in [1.29, 1.82) is 0 Å². The Morgan fingerprint density at radius 2 is 1.23 bits per heavy atom. The molecule has 2 unspecified atom stereocenters. The fourth-order valence-corrected chi connectivity index (χ4v) is 1.59. The molecule has 2 nitrogen and oxygen atoms in total. The largest absolute Gasteiger partial charge is 0.324 e. The highest BCUT2D eigenvalue weighted by Gasteiger charge is 1.87. The van der Waals surface area contributed by atoms with E-state index in [9.17, 15) is 9.13 Å². The summed E-state index contributed by atoms with van der Waals surface area (Å²) in [7, 11) is -0.168. The molecule has 0 amide bonds. The lowest BCUT2D eigenvalue weighted by Gasteiger charge is -1.81. The van der Waals surface area contributed by atoms with Gasteiger partial charge in [-0.05, 0) is 19.3 Å². The van der Waals surface area contributed by atoms with E-state index in [1.54, 1.807) is 0 Å². The maximum atomic E-state index is 9.83. The van der Waals surface area contributed by atoms with Gasteiger partial charge in [-0.2, -0.15) is 0 Å². The summed E-state index contributed by atoms with van der Waals surface area (Å²) in [6.45, 7) is 4.24. The highest BCUT2D eigenvalue weighted by atomic mass is 31.1. The highest BCUT2D eigenvalue weighted by molar-refractivity contribution is 7.23. The molecule has 13 heavy (non-hydrogen) atoms. The van der Waals surface area contributed by atoms with Crippen molar-refractivity contribution in [3.8, 4) is 0 Å². The zero-order chi connectivity index (χ0) is 10.4. The van der Waals surface area contributed by atoms with Crippen LogP contribution in [0.4, 0.5) is 0 Å². The number of rotatable bonds is 7. The zero-order valence-electron chi connectivity index (χ0n) is 8.77. The maximum absolute atomic E-state index is 9.83. The van der Waals surface area contributed by atoms with Gasteiger partial charge in [0.15, 0.2) is 0 Å². The molecular formula is C9H22O2P2+2. The summed E-state index contributed by atoms with van der Waals surface area (Å²) in [5.74, 6) is 0. The minimum atomic E-state index is -0.0854. The molecule has 0 aromatic carbocycles. The van der Waals surface area contributed by atoms with Gasteiger partial charge in [0.05, 0.1) is 0 Å². The zero-order valence-corrected chi connectivity index (χ0v) is 10.8. The quantitative estimate of drug-likeness (QED) is 0.483. The topological polar surface area (TPSA) is 34.1 Å². The van der Waals surface area contributed by atoms with Crippen molar-refractivity contribution in [2.75, 3.05) is 12.3 Å². The first-order valence-corrected chi connectivity index (χ1v) is 7.26. The Hall–Kier alpha value is 0.200. The lowest BCUT2D eigenvalue weighted by molar-refractivity contribution is 0.595. The average molecular weight is 224 g/mol. The summed E-state index contributed by atoms with van der Waals surface area (Å²) in [6, 6.07) is 0. The van der Waals surface area contributed by atoms with Crippen molar-refractivity contribution in [2.24, 2.45) is 0 Å². The fourth-order valence-electron chi connectivity index (χ4n) is 0.696. The van der Waals surface area contributed by atoms with Crippen LogP contribution in [0.1, 0.15) is 46.0 Å². The third-order valence-electron chi connectivity index (χ3n) is 1.51. The summed E-state index contributed by atoms with van der Waals surface area (Å²) in [5, 5.41) is 0. The van der Waals surface area contributed by atoms with Crippen LogP contribution in [0.25, 0.3) is 0 Å². The van der Waals surface area contributed by atoms with Gasteiger partial charge in [0, 0.05) is 0 Å². The summed E-state index contributed by atoms with van der Waals surface area (Å²) in [6.07, 6.45) is 7.65. The Bertz CT molecular complexity index is 108. The molecule has 0 spiro atoms. The van der Waals surface area contributed by atoms with Crippen LogP contribution in [-0.2, 0) is 9.13 Å². The van der Waals surface area contributed by atoms with Gasteiger partial charge >= 0.3 is 16.9 Å². The van der Waals surface area contributed by atoms with Gasteiger partial charge in [0.25, 0.3) is 0 Å².